The van der Waals surface area contributed by atoms with E-state index < -0.39 is 36.8 Å². The van der Waals surface area contributed by atoms with Gasteiger partial charge in [-0.1, -0.05) is 13.0 Å². The molecule has 6 fully saturated rings. The molecule has 23 nitrogen and oxygen atoms in total. The van der Waals surface area contributed by atoms with Gasteiger partial charge in [0.15, 0.2) is 12.3 Å². The Morgan fingerprint density at radius 3 is 0.831 bits per heavy atom. The number of rotatable bonds is 29. The second-order valence-electron chi connectivity index (χ2n) is 20.6. The molecule has 6 saturated heterocycles. The fraction of sp³-hybridized carbons (Fsp3) is 0.966. The SMILES string of the molecule is C=CCOC1[C@H](C)O[C@H](COC)[C@@H]1OC.CCCOC1[C@H](C)O[C@H](COC)[C@@H]1OC.COCCOC1[C@H](C)O[C@H](COC)[C@@H]1OC.COC[C@H]1O[C@@H](C)C(F)[C@H]1OC.COC[C@H]1O[C@@H](C)C(F)[C@H]1OC.COC[C@H]1O[C@@H](C)C(OC)[C@H]1OC. The smallest absolute Gasteiger partial charge is 0.154 e. The molecule has 0 N–H and O–H groups in total. The minimum atomic E-state index is -1.05. The Labute approximate surface area is 496 Å². The molecule has 0 radical (unpaired) electrons. The summed E-state index contributed by atoms with van der Waals surface area (Å²) in [6.45, 7) is 22.4. The second-order valence-corrected chi connectivity index (χ2v) is 20.6. The number of hydrogen-bond donors (Lipinski definition) is 0. The van der Waals surface area contributed by atoms with Crippen molar-refractivity contribution in [2.45, 2.75) is 202 Å². The van der Waals surface area contributed by atoms with Crippen molar-refractivity contribution in [3.8, 4) is 0 Å². The third kappa shape index (κ3) is 25.6. The van der Waals surface area contributed by atoms with Crippen molar-refractivity contribution in [2.24, 2.45) is 0 Å². The van der Waals surface area contributed by atoms with Crippen molar-refractivity contribution < 1.29 is 118 Å². The molecular formula is C58H112F2O23. The highest BCUT2D eigenvalue weighted by Crippen LogP contribution is 2.31. The minimum absolute atomic E-state index is 0.00477. The van der Waals surface area contributed by atoms with Crippen LogP contribution in [0.3, 0.4) is 0 Å². The van der Waals surface area contributed by atoms with Crippen LogP contribution in [0.5, 0.6) is 0 Å². The lowest BCUT2D eigenvalue weighted by molar-refractivity contribution is -0.0644. The first-order chi connectivity index (χ1) is 39.9. The van der Waals surface area contributed by atoms with Crippen LogP contribution in [0.4, 0.5) is 8.78 Å². The van der Waals surface area contributed by atoms with Crippen LogP contribution < -0.4 is 0 Å². The van der Waals surface area contributed by atoms with Gasteiger partial charge in [-0.2, -0.15) is 0 Å². The summed E-state index contributed by atoms with van der Waals surface area (Å²) in [4.78, 5) is 0. The molecule has 0 aromatic heterocycles. The van der Waals surface area contributed by atoms with Gasteiger partial charge in [-0.05, 0) is 48.0 Å². The largest absolute Gasteiger partial charge is 0.382 e. The molecule has 83 heavy (non-hydrogen) atoms. The van der Waals surface area contributed by atoms with Gasteiger partial charge in [0, 0.05) is 106 Å². The van der Waals surface area contributed by atoms with Gasteiger partial charge in [0.05, 0.1) is 96.1 Å². The highest BCUT2D eigenvalue weighted by molar-refractivity contribution is 4.95. The number of hydrogen-bond acceptors (Lipinski definition) is 23. The second kappa shape index (κ2) is 45.9. The van der Waals surface area contributed by atoms with Crippen molar-refractivity contribution in [1.82, 2.24) is 0 Å². The van der Waals surface area contributed by atoms with Gasteiger partial charge in [0.1, 0.15) is 97.7 Å². The van der Waals surface area contributed by atoms with E-state index in [0.717, 1.165) is 13.0 Å². The summed E-state index contributed by atoms with van der Waals surface area (Å²) in [5.74, 6) is 0. The van der Waals surface area contributed by atoms with Crippen LogP contribution >= 0.6 is 0 Å². The standard InChI is InChI=1S/C11H22O5.C11H22O4.C11H20O4.C9H18O4.2C8H15FO3/c1-8-10(15-6-5-12-2)11(14-4)9(16-8)7-13-3;2*1-5-6-14-10-8(2)15-9(7-12-3)11(10)13-4;1-6-8(11-3)9(12-4)7(13-6)5-10-2;2*1-5-7(9)8(11-3)6(12-5)4-10-2/h8-11H,5-7H2,1-4H3;8-11H,5-7H2,1-4H3;5,8-11H,1,6-7H2,2-4H3;6-9H,5H2,1-4H3;2*5-8H,4H2,1-3H3/t3*8-,9+,10?,11-;6-,7+,8?,9-;2*5-,6+,7?,8-/m000000/s1. The van der Waals surface area contributed by atoms with Crippen LogP contribution in [-0.2, 0) is 109 Å². The first kappa shape index (κ1) is 79.7. The molecule has 6 aliphatic rings. The van der Waals surface area contributed by atoms with Crippen LogP contribution in [0.1, 0.15) is 54.9 Å². The Morgan fingerprint density at radius 2 is 0.566 bits per heavy atom. The monoisotopic (exact) mass is 1210 g/mol. The maximum Gasteiger partial charge on any atom is 0.154 e. The Bertz CT molecular complexity index is 1520. The highest BCUT2D eigenvalue weighted by atomic mass is 19.1. The molecule has 6 aliphatic heterocycles. The Hall–Kier alpha value is -1.32. The molecule has 24 atom stereocenters. The number of alkyl halides is 2. The van der Waals surface area contributed by atoms with Crippen LogP contribution in [0.2, 0.25) is 0 Å². The normalized spacial score (nSPS) is 38.0. The van der Waals surface area contributed by atoms with Crippen molar-refractivity contribution in [3.05, 3.63) is 12.7 Å². The van der Waals surface area contributed by atoms with E-state index in [1.807, 2.05) is 27.7 Å². The van der Waals surface area contributed by atoms with Crippen LogP contribution in [0.25, 0.3) is 0 Å². The minimum Gasteiger partial charge on any atom is -0.382 e. The molecular weight excluding hydrogens is 1100 g/mol. The molecule has 0 bridgehead atoms. The molecule has 0 amide bonds. The summed E-state index contributed by atoms with van der Waals surface area (Å²) in [6.07, 6.45) is -1.90. The molecule has 0 aromatic carbocycles. The Kier molecular flexibility index (Phi) is 44.0. The van der Waals surface area contributed by atoms with Crippen molar-refractivity contribution >= 4 is 0 Å². The highest BCUT2D eigenvalue weighted by Gasteiger charge is 2.47. The predicted octanol–water partition coefficient (Wildman–Crippen LogP) is 4.70. The van der Waals surface area contributed by atoms with Crippen molar-refractivity contribution in [1.29, 1.82) is 0 Å². The number of ether oxygens (including phenoxy) is 23. The molecule has 0 aromatic rings. The maximum atomic E-state index is 13.2. The Balaban J connectivity index is 0.000000500. The summed E-state index contributed by atoms with van der Waals surface area (Å²) in [5.41, 5.74) is 0. The van der Waals surface area contributed by atoms with Crippen molar-refractivity contribution in [3.63, 3.8) is 0 Å². The third-order valence-electron chi connectivity index (χ3n) is 14.6. The number of methoxy groups -OCH3 is 14. The molecule has 496 valence electrons. The average Bonchev–Trinajstić information content (AvgIpc) is 4.30. The van der Waals surface area contributed by atoms with E-state index in [4.69, 9.17) is 109 Å². The molecule has 25 heteroatoms. The third-order valence-corrected chi connectivity index (χ3v) is 14.6. The zero-order valence-corrected chi connectivity index (χ0v) is 54.1. The van der Waals surface area contributed by atoms with Gasteiger partial charge < -0.3 is 109 Å². The van der Waals surface area contributed by atoms with E-state index in [1.54, 1.807) is 105 Å². The van der Waals surface area contributed by atoms with E-state index in [9.17, 15) is 8.78 Å². The van der Waals surface area contributed by atoms with Crippen LogP contribution in [-0.4, -0.2) is 312 Å². The van der Waals surface area contributed by atoms with E-state index in [-0.39, 0.29) is 110 Å². The summed E-state index contributed by atoms with van der Waals surface area (Å²) >= 11 is 0. The summed E-state index contributed by atoms with van der Waals surface area (Å²) < 4.78 is 149. The first-order valence-electron chi connectivity index (χ1n) is 28.7. The molecule has 0 spiro atoms. The van der Waals surface area contributed by atoms with Gasteiger partial charge in [-0.15, -0.1) is 6.58 Å². The summed E-state index contributed by atoms with van der Waals surface area (Å²) in [7, 11) is 22.7. The van der Waals surface area contributed by atoms with Crippen LogP contribution in [0.15, 0.2) is 12.7 Å². The molecule has 0 aliphatic carbocycles. The maximum absolute atomic E-state index is 13.2. The lowest BCUT2D eigenvalue weighted by Crippen LogP contribution is -2.38. The Morgan fingerprint density at radius 1 is 0.313 bits per heavy atom. The topological polar surface area (TPSA) is 212 Å². The van der Waals surface area contributed by atoms with Crippen molar-refractivity contribution in [2.75, 3.05) is 166 Å². The zero-order chi connectivity index (χ0) is 62.6. The molecule has 0 saturated carbocycles. The molecule has 6 rings (SSSR count). The predicted molar refractivity (Wildman–Crippen MR) is 304 cm³/mol. The van der Waals surface area contributed by atoms with E-state index in [1.165, 1.54) is 14.2 Å². The molecule has 6 unspecified atom stereocenters. The van der Waals surface area contributed by atoms with E-state index in [2.05, 4.69) is 13.5 Å². The quantitative estimate of drug-likeness (QED) is 0.0734. The lowest BCUT2D eigenvalue weighted by Gasteiger charge is -2.22. The lowest BCUT2D eigenvalue weighted by atomic mass is 10.1. The average molecular weight is 1220 g/mol. The van der Waals surface area contributed by atoms with E-state index >= 15 is 0 Å². The van der Waals surface area contributed by atoms with Gasteiger partial charge in [0.25, 0.3) is 0 Å². The first-order valence-corrected chi connectivity index (χ1v) is 28.7. The zero-order valence-electron chi connectivity index (χ0n) is 54.1. The van der Waals surface area contributed by atoms with E-state index in [0.29, 0.717) is 59.5 Å². The summed E-state index contributed by atoms with van der Waals surface area (Å²) in [6, 6.07) is 0. The van der Waals surface area contributed by atoms with Gasteiger partial charge in [-0.3, -0.25) is 0 Å². The van der Waals surface area contributed by atoms with Crippen LogP contribution in [0, 0.1) is 0 Å². The fourth-order valence-electron chi connectivity index (χ4n) is 10.7. The summed E-state index contributed by atoms with van der Waals surface area (Å²) in [5, 5.41) is 0. The molecule has 6 heterocycles. The van der Waals surface area contributed by atoms with Gasteiger partial charge >= 0.3 is 0 Å². The van der Waals surface area contributed by atoms with Gasteiger partial charge in [0.2, 0.25) is 0 Å². The number of halogens is 2. The van der Waals surface area contributed by atoms with Gasteiger partial charge in [-0.25, -0.2) is 8.78 Å². The fourth-order valence-corrected chi connectivity index (χ4v) is 10.7.